The van der Waals surface area contributed by atoms with Crippen LogP contribution in [0.25, 0.3) is 11.0 Å². The lowest BCUT2D eigenvalue weighted by Gasteiger charge is -2.39. The lowest BCUT2D eigenvalue weighted by Crippen LogP contribution is -2.48. The van der Waals surface area contributed by atoms with E-state index in [2.05, 4.69) is 32.2 Å². The molecule has 3 aromatic carbocycles. The first-order valence-electron chi connectivity index (χ1n) is 13.6. The maximum Gasteiger partial charge on any atom is 0.271 e. The molecule has 1 aromatic heterocycles. The van der Waals surface area contributed by atoms with Gasteiger partial charge in [0.1, 0.15) is 0 Å². The second kappa shape index (κ2) is 9.48. The molecule has 0 saturated heterocycles. The molecule has 2 aliphatic rings. The van der Waals surface area contributed by atoms with Gasteiger partial charge in [-0.2, -0.15) is 5.26 Å². The average Bonchev–Trinajstić information content (AvgIpc) is 3.25. The second-order valence-corrected chi connectivity index (χ2v) is 12.8. The summed E-state index contributed by atoms with van der Waals surface area (Å²) in [6.07, 6.45) is 1.31. The Bertz CT molecular complexity index is 1870. The maximum absolute atomic E-state index is 14.4. The molecule has 1 saturated carbocycles. The van der Waals surface area contributed by atoms with E-state index < -0.39 is 27.1 Å². The van der Waals surface area contributed by atoms with Crippen LogP contribution in [0.2, 0.25) is 10.0 Å². The van der Waals surface area contributed by atoms with Gasteiger partial charge in [0.05, 0.1) is 44.7 Å². The fourth-order valence-electron chi connectivity index (χ4n) is 6.97. The first-order chi connectivity index (χ1) is 19.8. The quantitative estimate of drug-likeness (QED) is 0.184. The van der Waals surface area contributed by atoms with Gasteiger partial charge in [-0.1, -0.05) is 62.2 Å². The molecule has 10 heteroatoms. The zero-order valence-electron chi connectivity index (χ0n) is 23.5. The molecule has 8 nitrogen and oxygen atoms in total. The normalized spacial score (nSPS) is 22.4. The predicted molar refractivity (Wildman–Crippen MR) is 162 cm³/mol. The Kier molecular flexibility index (Phi) is 6.34. The van der Waals surface area contributed by atoms with Crippen LogP contribution in [0, 0.1) is 33.8 Å². The molecule has 1 heterocycles. The number of hydrogen-bond donors (Lipinski definition) is 1. The number of amides is 1. The third-order valence-corrected chi connectivity index (χ3v) is 10.4. The summed E-state index contributed by atoms with van der Waals surface area (Å²) in [5.41, 5.74) is 2.91. The molecule has 1 fully saturated rings. The van der Waals surface area contributed by atoms with Crippen molar-refractivity contribution in [3.63, 3.8) is 0 Å². The summed E-state index contributed by atoms with van der Waals surface area (Å²) in [6, 6.07) is 17.4. The minimum Gasteiger partial charge on any atom is -0.325 e. The number of carbonyl (C=O) groups is 1. The number of fused-ring (bicyclic) bond motifs is 6. The minimum absolute atomic E-state index is 0.0801. The first kappa shape index (κ1) is 28.1. The van der Waals surface area contributed by atoms with Gasteiger partial charge in [0.15, 0.2) is 0 Å². The summed E-state index contributed by atoms with van der Waals surface area (Å²) >= 11 is 12.8. The van der Waals surface area contributed by atoms with Gasteiger partial charge in [-0.3, -0.25) is 14.9 Å². The zero-order chi connectivity index (χ0) is 30.2. The van der Waals surface area contributed by atoms with E-state index in [0.717, 1.165) is 23.2 Å². The van der Waals surface area contributed by atoms with E-state index in [4.69, 9.17) is 33.2 Å². The van der Waals surface area contributed by atoms with Crippen molar-refractivity contribution >= 4 is 51.5 Å². The standard InChI is InChI=1S/C32H27Cl2N5O3/c1-17-13-21(22(16-35)18-5-7-19(33)8-6-18)23(34)15-25(17)38-29(40)32-12-11-31(4,30(32,2)3)27-28(32)37-26-14-20(39(41)42)9-10-24(26)36-27/h5-10,13-15,22H,11-12H2,1-4H3,(H,38,40). The van der Waals surface area contributed by atoms with E-state index in [9.17, 15) is 20.2 Å². The van der Waals surface area contributed by atoms with Gasteiger partial charge in [-0.05, 0) is 66.1 Å². The Morgan fingerprint density at radius 2 is 1.71 bits per heavy atom. The summed E-state index contributed by atoms with van der Waals surface area (Å²) in [6.45, 7) is 8.13. The van der Waals surface area contributed by atoms with Gasteiger partial charge in [-0.15, -0.1) is 0 Å². The summed E-state index contributed by atoms with van der Waals surface area (Å²) in [4.78, 5) is 35.2. The molecule has 2 bridgehead atoms. The van der Waals surface area contributed by atoms with Crippen LogP contribution in [0.3, 0.4) is 0 Å². The van der Waals surface area contributed by atoms with E-state index in [1.807, 2.05) is 13.0 Å². The first-order valence-corrected chi connectivity index (χ1v) is 14.3. The molecule has 1 N–H and O–H groups in total. The fourth-order valence-corrected chi connectivity index (χ4v) is 7.37. The van der Waals surface area contributed by atoms with Crippen LogP contribution in [0.1, 0.15) is 67.6 Å². The van der Waals surface area contributed by atoms with Crippen LogP contribution in [-0.4, -0.2) is 20.8 Å². The molecule has 3 unspecified atom stereocenters. The monoisotopic (exact) mass is 599 g/mol. The number of nitro groups is 1. The highest BCUT2D eigenvalue weighted by atomic mass is 35.5. The van der Waals surface area contributed by atoms with E-state index >= 15 is 0 Å². The van der Waals surface area contributed by atoms with Crippen LogP contribution in [-0.2, 0) is 15.6 Å². The van der Waals surface area contributed by atoms with Crippen molar-refractivity contribution in [1.82, 2.24) is 9.97 Å². The summed E-state index contributed by atoms with van der Waals surface area (Å²) in [7, 11) is 0. The number of aromatic nitrogens is 2. The molecule has 0 aliphatic heterocycles. The maximum atomic E-state index is 14.4. The number of nitrogens with zero attached hydrogens (tertiary/aromatic N) is 4. The predicted octanol–water partition coefficient (Wildman–Crippen LogP) is 7.78. The van der Waals surface area contributed by atoms with Gasteiger partial charge < -0.3 is 5.32 Å². The lowest BCUT2D eigenvalue weighted by atomic mass is 9.63. The molecule has 6 rings (SSSR count). The van der Waals surface area contributed by atoms with Crippen LogP contribution < -0.4 is 5.32 Å². The summed E-state index contributed by atoms with van der Waals surface area (Å²) < 4.78 is 0. The number of carbonyl (C=O) groups excluding carboxylic acids is 1. The van der Waals surface area contributed by atoms with Crippen LogP contribution >= 0.6 is 23.2 Å². The van der Waals surface area contributed by atoms with Gasteiger partial charge in [0.25, 0.3) is 5.69 Å². The molecular formula is C32H27Cl2N5O3. The Morgan fingerprint density at radius 1 is 1.02 bits per heavy atom. The van der Waals surface area contributed by atoms with E-state index in [1.165, 1.54) is 12.1 Å². The van der Waals surface area contributed by atoms with Gasteiger partial charge in [-0.25, -0.2) is 9.97 Å². The Labute approximate surface area is 252 Å². The van der Waals surface area contributed by atoms with Crippen LogP contribution in [0.15, 0.2) is 54.6 Å². The fraction of sp³-hybridized carbons (Fsp3) is 0.312. The third kappa shape index (κ3) is 3.77. The lowest BCUT2D eigenvalue weighted by molar-refractivity contribution is -0.384. The van der Waals surface area contributed by atoms with Crippen LogP contribution in [0.4, 0.5) is 11.4 Å². The Hall–Kier alpha value is -4.06. The number of nitrogens with one attached hydrogen (secondary N) is 1. The van der Waals surface area contributed by atoms with Crippen molar-refractivity contribution in [3.8, 4) is 6.07 Å². The van der Waals surface area contributed by atoms with Crippen molar-refractivity contribution in [2.24, 2.45) is 5.41 Å². The van der Waals surface area contributed by atoms with Crippen LogP contribution in [0.5, 0.6) is 0 Å². The topological polar surface area (TPSA) is 122 Å². The van der Waals surface area contributed by atoms with Gasteiger partial charge in [0.2, 0.25) is 5.91 Å². The van der Waals surface area contributed by atoms with E-state index in [0.29, 0.717) is 44.4 Å². The van der Waals surface area contributed by atoms with Crippen molar-refractivity contribution < 1.29 is 9.72 Å². The third-order valence-electron chi connectivity index (χ3n) is 9.85. The molecule has 1 amide bonds. The summed E-state index contributed by atoms with van der Waals surface area (Å²) in [5.74, 6) is -0.837. The SMILES string of the molecule is Cc1cc(C(C#N)c2ccc(Cl)cc2)c(Cl)cc1NC(=O)C12CCC(C)(c3nc4ccc([N+](=O)[O-])cc4nc31)C2(C)C. The number of anilines is 1. The van der Waals surface area contributed by atoms with E-state index in [1.54, 1.807) is 36.4 Å². The summed E-state index contributed by atoms with van der Waals surface area (Å²) in [5, 5.41) is 25.5. The van der Waals surface area contributed by atoms with E-state index in [-0.39, 0.29) is 11.6 Å². The molecule has 42 heavy (non-hydrogen) atoms. The molecule has 0 spiro atoms. The number of non-ortho nitro benzene ring substituents is 1. The number of nitro benzene ring substituents is 1. The van der Waals surface area contributed by atoms with Gasteiger partial charge >= 0.3 is 0 Å². The number of halogens is 2. The number of benzene rings is 3. The highest BCUT2D eigenvalue weighted by Gasteiger charge is 2.73. The number of rotatable bonds is 5. The molecule has 212 valence electrons. The van der Waals surface area contributed by atoms with Crippen molar-refractivity contribution in [2.75, 3.05) is 5.32 Å². The van der Waals surface area contributed by atoms with Crippen molar-refractivity contribution in [2.45, 2.75) is 57.3 Å². The molecule has 2 aliphatic carbocycles. The number of hydrogen-bond acceptors (Lipinski definition) is 6. The highest BCUT2D eigenvalue weighted by molar-refractivity contribution is 6.32. The van der Waals surface area contributed by atoms with Gasteiger partial charge in [0, 0.05) is 33.3 Å². The molecule has 3 atom stereocenters. The largest absolute Gasteiger partial charge is 0.325 e. The van der Waals surface area contributed by atoms with Crippen molar-refractivity contribution in [1.29, 1.82) is 5.26 Å². The highest BCUT2D eigenvalue weighted by Crippen LogP contribution is 2.70. The molecular weight excluding hydrogens is 573 g/mol. The Balaban J connectivity index is 1.41. The Morgan fingerprint density at radius 3 is 2.38 bits per heavy atom. The smallest absolute Gasteiger partial charge is 0.271 e. The molecule has 0 radical (unpaired) electrons. The van der Waals surface area contributed by atoms with Crippen molar-refractivity contribution in [3.05, 3.63) is 103 Å². The second-order valence-electron chi connectivity index (χ2n) is 12.0. The molecule has 4 aromatic rings. The number of aryl methyl sites for hydroxylation is 1. The number of nitriles is 1. The minimum atomic E-state index is -1.01. The zero-order valence-corrected chi connectivity index (χ0v) is 25.0. The average molecular weight is 601 g/mol.